The van der Waals surface area contributed by atoms with E-state index in [1.54, 1.807) is 98.6 Å². The van der Waals surface area contributed by atoms with Gasteiger partial charge in [-0.2, -0.15) is 15.3 Å². The molecule has 0 bridgehead atoms. The number of nitrogens with one attached hydrogen (secondary N) is 6. The van der Waals surface area contributed by atoms with Gasteiger partial charge in [0, 0.05) is 178 Å². The Morgan fingerprint density at radius 1 is 0.378 bits per heavy atom. The molecule has 1 saturated carbocycles. The number of hydrogen-bond donors (Lipinski definition) is 6. The van der Waals surface area contributed by atoms with Gasteiger partial charge >= 0.3 is 0 Å². The van der Waals surface area contributed by atoms with E-state index < -0.39 is 140 Å². The highest BCUT2D eigenvalue weighted by Crippen LogP contribution is 2.46. The van der Waals surface area contributed by atoms with Crippen LogP contribution in [-0.4, -0.2) is 242 Å². The van der Waals surface area contributed by atoms with Crippen molar-refractivity contribution in [3.63, 3.8) is 0 Å². The van der Waals surface area contributed by atoms with Gasteiger partial charge in [-0.25, -0.2) is 39.2 Å². The second-order valence-corrected chi connectivity index (χ2v) is 40.2. The van der Waals surface area contributed by atoms with Crippen LogP contribution in [0.15, 0.2) is 116 Å². The second-order valence-electron chi connectivity index (χ2n) is 37.9. The molecule has 4 fully saturated rings. The zero-order valence-corrected chi connectivity index (χ0v) is 83.6. The zero-order chi connectivity index (χ0) is 104. The Hall–Kier alpha value is -12.7. The molecule has 9 amide bonds. The topological polar surface area (TPSA) is 381 Å². The lowest BCUT2D eigenvalue weighted by atomic mass is 9.77. The van der Waals surface area contributed by atoms with E-state index in [2.05, 4.69) is 57.0 Å². The Balaban J connectivity index is 0.000000192. The van der Waals surface area contributed by atoms with Crippen LogP contribution in [0, 0.1) is 64.4 Å². The highest BCUT2D eigenvalue weighted by atomic mass is 32.2. The maximum Gasteiger partial charge on any atom is 0.245 e. The molecule has 4 unspecified atom stereocenters. The van der Waals surface area contributed by atoms with Crippen molar-refractivity contribution in [1.29, 1.82) is 0 Å². The summed E-state index contributed by atoms with van der Waals surface area (Å²) in [6.45, 7) is 22.0. The van der Waals surface area contributed by atoms with Crippen molar-refractivity contribution >= 4 is 97.4 Å². The van der Waals surface area contributed by atoms with Gasteiger partial charge in [-0.1, -0.05) is 79.0 Å². The van der Waals surface area contributed by atoms with Crippen molar-refractivity contribution < 1.29 is 96.7 Å². The maximum absolute atomic E-state index is 15.8. The summed E-state index contributed by atoms with van der Waals surface area (Å²) >= 11 is 0. The maximum atomic E-state index is 15.8. The average molecular weight is 2010 g/mol. The van der Waals surface area contributed by atoms with Gasteiger partial charge in [0.25, 0.3) is 0 Å². The smallest absolute Gasteiger partial charge is 0.245 e. The lowest BCUT2D eigenvalue weighted by Crippen LogP contribution is -2.55. The molecule has 6 aliphatic rings. The number of benzene rings is 5. The SMILES string of the molecule is CCC(=O)N[C@@H](C(=O)N1CCN(C)CC1)[C@@H](C)c1ccc(NC(=O)C(CC(=O)c2ccnn2CC)C2CCc3cc(F)cc(F)c32)c(F)c1.CCC(=O)N[C@@H](C(=O)N1CCN(C)CC1)[C@@H](C)c1ccc(NC(=O)C(CC(=O)c2ccnn2CC)C2CCc3cc(F)cc(F)c32)c(F)c1.CCC(=O)N[C@H](C(=O)N1CCS(=O)(=O)CC1)[C@@H](C)c1ccc(NC(=O)[C@@H](CC(=O)c2ccnn2CC)C2CCCCC2)c(F)c1. The Morgan fingerprint density at radius 2 is 0.685 bits per heavy atom. The van der Waals surface area contributed by atoms with Crippen LogP contribution >= 0.6 is 0 Å². The van der Waals surface area contributed by atoms with Crippen LogP contribution in [0.3, 0.4) is 0 Å². The number of ketones is 3. The fraction of sp³-hybridized carbons (Fsp3) is 0.510. The van der Waals surface area contributed by atoms with Crippen LogP contribution in [0.5, 0.6) is 0 Å². The molecule has 11 atom stereocenters. The summed E-state index contributed by atoms with van der Waals surface area (Å²) < 4.78 is 134. The van der Waals surface area contributed by atoms with Crippen LogP contribution < -0.4 is 31.9 Å². The molecule has 3 aliphatic heterocycles. The Labute approximate surface area is 828 Å². The van der Waals surface area contributed by atoms with Gasteiger partial charge in [0.2, 0.25) is 53.2 Å². The average Bonchev–Trinajstić information content (AvgIpc) is 1.65. The number of fused-ring (bicyclic) bond motifs is 2. The number of likely N-dealkylation sites (N-methyl/N-ethyl adjacent to an activating group) is 2. The van der Waals surface area contributed by atoms with Gasteiger partial charge in [-0.15, -0.1) is 0 Å². The largest absolute Gasteiger partial charge is 0.344 e. The van der Waals surface area contributed by atoms with Crippen molar-refractivity contribution in [2.24, 2.45) is 23.7 Å². The van der Waals surface area contributed by atoms with E-state index in [0.29, 0.717) is 143 Å². The number of anilines is 3. The minimum absolute atomic E-state index is 0.00165. The number of halogens is 7. The summed E-state index contributed by atoms with van der Waals surface area (Å²) in [4.78, 5) is 168. The molecule has 143 heavy (non-hydrogen) atoms. The molecule has 3 aliphatic carbocycles. The number of rotatable bonds is 36. The van der Waals surface area contributed by atoms with Crippen molar-refractivity contribution in [1.82, 2.24) is 69.8 Å². The summed E-state index contributed by atoms with van der Waals surface area (Å²) in [5, 5.41) is 28.7. The van der Waals surface area contributed by atoms with Gasteiger partial charge in [0.1, 0.15) is 75.9 Å². The molecule has 14 rings (SSSR count). The van der Waals surface area contributed by atoms with E-state index in [4.69, 9.17) is 0 Å². The predicted molar refractivity (Wildman–Crippen MR) is 523 cm³/mol. The summed E-state index contributed by atoms with van der Waals surface area (Å²) in [6.07, 6.45) is 10.3. The standard InChI is InChI=1S/2C36H43F3N6O4.C32H44FN5O6S/c2*1-5-32(47)42-34(36(49)44-15-13-43(4)14-16-44)21(3)22-8-10-29(27(38)18-22)41-35(48)26(20-31(46)30-11-12-40-45(30)6-2)25-9-7-23-17-24(37)19-28(39)33(23)25;1-4-29(40)36-30(32(42)37-15-17-45(43,44)18-16-37)21(3)23-11-12-26(25(33)19-23)35-31(41)24(22-9-7-6-8-10-22)20-28(39)27-13-14-34-38(27)5-2/h2*8,10-12,17-19,21,25-26,34H,5-7,9,13-16,20H2,1-4H3,(H,41,48)(H,42,47);11-14,19,21-22,24,30H,4-10,15-18,20H2,1-3H3,(H,35,41)(H,36,40)/t2*21-,25?,26?,34+;21-,24-,30-/m000/s1. The number of Topliss-reactive ketones (excluding diaryl/α,β-unsaturated/α-hetero) is 3. The number of hydrogen-bond acceptors (Lipinski definition) is 19. The Bertz CT molecular complexity index is 5830. The molecule has 31 nitrogen and oxygen atoms in total. The number of aromatic nitrogens is 6. The number of piperazine rings is 2. The number of carbonyl (C=O) groups excluding carboxylic acids is 12. The molecule has 6 N–H and O–H groups in total. The first kappa shape index (κ1) is 109. The van der Waals surface area contributed by atoms with Crippen molar-refractivity contribution in [3.05, 3.63) is 212 Å². The third-order valence-corrected chi connectivity index (χ3v) is 30.3. The molecule has 0 spiro atoms. The van der Waals surface area contributed by atoms with Crippen LogP contribution in [-0.2, 0) is 85.5 Å². The summed E-state index contributed by atoms with van der Waals surface area (Å²) in [6, 6.07) is 18.5. The number of carbonyl (C=O) groups is 12. The molecule has 39 heteroatoms. The van der Waals surface area contributed by atoms with Gasteiger partial charge in [0.15, 0.2) is 27.2 Å². The first-order chi connectivity index (χ1) is 68.3. The van der Waals surface area contributed by atoms with Crippen LogP contribution in [0.2, 0.25) is 0 Å². The molecule has 3 saturated heterocycles. The van der Waals surface area contributed by atoms with Gasteiger partial charge in [-0.3, -0.25) is 71.6 Å². The third kappa shape index (κ3) is 27.1. The first-order valence-corrected chi connectivity index (χ1v) is 51.3. The highest BCUT2D eigenvalue weighted by molar-refractivity contribution is 7.91. The van der Waals surface area contributed by atoms with E-state index in [1.165, 1.54) is 75.2 Å². The minimum Gasteiger partial charge on any atom is -0.344 e. The lowest BCUT2D eigenvalue weighted by molar-refractivity contribution is -0.138. The van der Waals surface area contributed by atoms with Gasteiger partial charge < -0.3 is 56.4 Å². The molecule has 5 aromatic carbocycles. The quantitative estimate of drug-likeness (QED) is 0.0157. The molecule has 3 aromatic heterocycles. The van der Waals surface area contributed by atoms with Crippen LogP contribution in [0.1, 0.15) is 246 Å². The van der Waals surface area contributed by atoms with Gasteiger partial charge in [0.05, 0.1) is 40.4 Å². The van der Waals surface area contributed by atoms with E-state index >= 15 is 22.0 Å². The monoisotopic (exact) mass is 2010 g/mol. The molecule has 8 aromatic rings. The van der Waals surface area contributed by atoms with Crippen molar-refractivity contribution in [3.8, 4) is 0 Å². The summed E-state index contributed by atoms with van der Waals surface area (Å²) in [5.74, 6) is -16.4. The molecular weight excluding hydrogens is 1880 g/mol. The summed E-state index contributed by atoms with van der Waals surface area (Å²) in [7, 11) is 0.722. The van der Waals surface area contributed by atoms with Crippen LogP contribution in [0.4, 0.5) is 47.8 Å². The molecule has 6 heterocycles. The van der Waals surface area contributed by atoms with E-state index in [9.17, 15) is 74.7 Å². The van der Waals surface area contributed by atoms with Crippen molar-refractivity contribution in [2.75, 3.05) is 107 Å². The summed E-state index contributed by atoms with van der Waals surface area (Å²) in [5.41, 5.74) is 3.23. The number of sulfone groups is 1. The second kappa shape index (κ2) is 49.6. The normalized spacial score (nSPS) is 18.3. The molecule has 770 valence electrons. The van der Waals surface area contributed by atoms with E-state index in [0.717, 1.165) is 44.2 Å². The predicted octanol–water partition coefficient (Wildman–Crippen LogP) is 13.0. The molecular formula is C104H130F7N17O14S. The third-order valence-electron chi connectivity index (χ3n) is 28.7. The Morgan fingerprint density at radius 3 is 0.993 bits per heavy atom. The fourth-order valence-corrected chi connectivity index (χ4v) is 21.3. The zero-order valence-electron chi connectivity index (χ0n) is 82.8. The highest BCUT2D eigenvalue weighted by Gasteiger charge is 2.44. The first-order valence-electron chi connectivity index (χ1n) is 49.5. The number of amides is 9. The van der Waals surface area contributed by atoms with Crippen molar-refractivity contribution in [2.45, 2.75) is 226 Å². The van der Waals surface area contributed by atoms with Gasteiger partial charge in [-0.05, 0) is 197 Å². The molecule has 0 radical (unpaired) electrons. The van der Waals surface area contributed by atoms with E-state index in [1.807, 2.05) is 34.9 Å². The minimum atomic E-state index is -3.22. The fourth-order valence-electron chi connectivity index (χ4n) is 20.1. The van der Waals surface area contributed by atoms with Crippen LogP contribution in [0.25, 0.3) is 0 Å². The van der Waals surface area contributed by atoms with E-state index in [-0.39, 0.29) is 144 Å². The Kier molecular flexibility index (Phi) is 37.8. The number of nitrogens with zero attached hydrogens (tertiary/aromatic N) is 11. The number of aryl methyl sites for hydroxylation is 5. The lowest BCUT2D eigenvalue weighted by Gasteiger charge is -2.36.